The molecule has 3 rings (SSSR count). The average Bonchev–Trinajstić information content (AvgIpc) is 3.10. The highest BCUT2D eigenvalue weighted by Crippen LogP contribution is 2.36. The minimum atomic E-state index is -0.455. The summed E-state index contributed by atoms with van der Waals surface area (Å²) in [5, 5.41) is 0. The smallest absolute Gasteiger partial charge is 0.399 e. The van der Waals surface area contributed by atoms with Crippen LogP contribution in [0.15, 0.2) is 12.4 Å². The zero-order chi connectivity index (χ0) is 18.4. The summed E-state index contributed by atoms with van der Waals surface area (Å²) in [7, 11) is 1.52. The van der Waals surface area contributed by atoms with Gasteiger partial charge in [-0.3, -0.25) is 4.79 Å². The van der Waals surface area contributed by atoms with Gasteiger partial charge in [0, 0.05) is 44.9 Å². The van der Waals surface area contributed by atoms with Crippen molar-refractivity contribution in [1.29, 1.82) is 0 Å². The molecule has 0 unspecified atom stereocenters. The summed E-state index contributed by atoms with van der Waals surface area (Å²) in [6, 6.07) is 0.242. The molecule has 7 nitrogen and oxygen atoms in total. The maximum absolute atomic E-state index is 11.5. The highest BCUT2D eigenvalue weighted by atomic mass is 16.7. The third-order valence-electron chi connectivity index (χ3n) is 5.66. The van der Waals surface area contributed by atoms with E-state index in [4.69, 9.17) is 9.31 Å². The summed E-state index contributed by atoms with van der Waals surface area (Å²) in [4.78, 5) is 24.4. The van der Waals surface area contributed by atoms with Crippen molar-refractivity contribution >= 4 is 24.4 Å². The lowest BCUT2D eigenvalue weighted by molar-refractivity contribution is -0.127. The summed E-state index contributed by atoms with van der Waals surface area (Å²) < 4.78 is 12.1. The average molecular weight is 346 g/mol. The van der Waals surface area contributed by atoms with Crippen molar-refractivity contribution < 1.29 is 14.1 Å². The molecule has 0 aromatic carbocycles. The van der Waals surface area contributed by atoms with E-state index in [1.807, 2.05) is 44.5 Å². The molecule has 1 amide bonds. The fraction of sp³-hybridized carbons (Fsp3) is 0.706. The molecule has 0 N–H and O–H groups in total. The van der Waals surface area contributed by atoms with E-state index >= 15 is 0 Å². The molecule has 0 bridgehead atoms. The van der Waals surface area contributed by atoms with Crippen LogP contribution in [0.5, 0.6) is 0 Å². The van der Waals surface area contributed by atoms with Crippen LogP contribution in [0.3, 0.4) is 0 Å². The van der Waals surface area contributed by atoms with Gasteiger partial charge in [0.1, 0.15) is 0 Å². The number of likely N-dealkylation sites (tertiary alicyclic amines) is 1. The van der Waals surface area contributed by atoms with Gasteiger partial charge in [-0.05, 0) is 34.1 Å². The number of carbonyl (C=O) groups excluding carboxylic acids is 1. The highest BCUT2D eigenvalue weighted by molar-refractivity contribution is 6.61. The first-order valence-corrected chi connectivity index (χ1v) is 8.76. The van der Waals surface area contributed by atoms with Crippen LogP contribution in [0, 0.1) is 0 Å². The second-order valence-corrected chi connectivity index (χ2v) is 7.92. The lowest BCUT2D eigenvalue weighted by Crippen LogP contribution is -2.41. The Morgan fingerprint density at radius 1 is 1.24 bits per heavy atom. The van der Waals surface area contributed by atoms with E-state index in [-0.39, 0.29) is 23.2 Å². The Bertz CT molecular complexity index is 634. The summed E-state index contributed by atoms with van der Waals surface area (Å²) in [5.41, 5.74) is 0.0489. The van der Waals surface area contributed by atoms with Gasteiger partial charge < -0.3 is 19.1 Å². The normalized spacial score (nSPS) is 24.6. The first-order valence-electron chi connectivity index (χ1n) is 8.76. The van der Waals surface area contributed by atoms with E-state index in [0.717, 1.165) is 18.4 Å². The van der Waals surface area contributed by atoms with Crippen LogP contribution < -0.4 is 10.4 Å². The summed E-state index contributed by atoms with van der Waals surface area (Å²) in [6.45, 7) is 11.2. The molecular weight excluding hydrogens is 319 g/mol. The van der Waals surface area contributed by atoms with Gasteiger partial charge in [0.2, 0.25) is 11.9 Å². The lowest BCUT2D eigenvalue weighted by Gasteiger charge is -2.32. The van der Waals surface area contributed by atoms with Crippen LogP contribution in [0.1, 0.15) is 41.0 Å². The standard InChI is InChI=1S/C17H27BN4O3/c1-12(23)22-8-7-14(11-22)21(6)15-19-9-13(10-20-15)18-24-16(2,3)17(4,5)25-18/h9-10,14H,7-8,11H2,1-6H3/t14-/m0/s1. The Morgan fingerprint density at radius 2 is 1.80 bits per heavy atom. The molecule has 0 spiro atoms. The van der Waals surface area contributed by atoms with E-state index < -0.39 is 7.12 Å². The molecule has 1 aromatic heterocycles. The molecule has 0 aliphatic carbocycles. The van der Waals surface area contributed by atoms with Crippen LogP contribution in [-0.4, -0.2) is 65.3 Å². The quantitative estimate of drug-likeness (QED) is 0.756. The maximum Gasteiger partial charge on any atom is 0.498 e. The second kappa shape index (κ2) is 6.25. The predicted octanol–water partition coefficient (Wildman–Crippen LogP) is 0.833. The van der Waals surface area contributed by atoms with Crippen molar-refractivity contribution in [3.05, 3.63) is 12.4 Å². The Balaban J connectivity index is 1.68. The number of hydrogen-bond acceptors (Lipinski definition) is 6. The van der Waals surface area contributed by atoms with Gasteiger partial charge in [-0.2, -0.15) is 0 Å². The monoisotopic (exact) mass is 346 g/mol. The van der Waals surface area contributed by atoms with Crippen molar-refractivity contribution in [2.24, 2.45) is 0 Å². The Kier molecular flexibility index (Phi) is 4.53. The molecule has 1 aromatic rings. The van der Waals surface area contributed by atoms with Crippen molar-refractivity contribution in [3.8, 4) is 0 Å². The van der Waals surface area contributed by atoms with E-state index in [1.165, 1.54) is 0 Å². The molecular formula is C17H27BN4O3. The van der Waals surface area contributed by atoms with Gasteiger partial charge in [-0.1, -0.05) is 0 Å². The molecule has 0 radical (unpaired) electrons. The number of hydrogen-bond donors (Lipinski definition) is 0. The third-order valence-corrected chi connectivity index (χ3v) is 5.66. The fourth-order valence-electron chi connectivity index (χ4n) is 3.12. The zero-order valence-corrected chi connectivity index (χ0v) is 15.9. The Labute approximate surface area is 149 Å². The van der Waals surface area contributed by atoms with Gasteiger partial charge in [0.05, 0.1) is 17.2 Å². The zero-order valence-electron chi connectivity index (χ0n) is 15.9. The van der Waals surface area contributed by atoms with Crippen molar-refractivity contribution in [2.75, 3.05) is 25.0 Å². The van der Waals surface area contributed by atoms with E-state index in [1.54, 1.807) is 19.3 Å². The largest absolute Gasteiger partial charge is 0.498 e. The number of nitrogens with zero attached hydrogens (tertiary/aromatic N) is 4. The molecule has 2 fully saturated rings. The van der Waals surface area contributed by atoms with E-state index in [0.29, 0.717) is 12.5 Å². The summed E-state index contributed by atoms with van der Waals surface area (Å²) >= 11 is 0. The minimum absolute atomic E-state index is 0.118. The van der Waals surface area contributed by atoms with Crippen molar-refractivity contribution in [2.45, 2.75) is 58.3 Å². The SMILES string of the molecule is CC(=O)N1CC[C@H](N(C)c2ncc(B3OC(C)(C)C(C)(C)O3)cn2)C1. The predicted molar refractivity (Wildman–Crippen MR) is 96.8 cm³/mol. The van der Waals surface area contributed by atoms with Crippen LogP contribution in [0.4, 0.5) is 5.95 Å². The molecule has 136 valence electrons. The molecule has 3 heterocycles. The van der Waals surface area contributed by atoms with Gasteiger partial charge in [-0.15, -0.1) is 0 Å². The van der Waals surface area contributed by atoms with Crippen molar-refractivity contribution in [1.82, 2.24) is 14.9 Å². The molecule has 1 atom stereocenters. The number of rotatable bonds is 3. The number of aromatic nitrogens is 2. The molecule has 0 saturated carbocycles. The number of likely N-dealkylation sites (N-methyl/N-ethyl adjacent to an activating group) is 1. The van der Waals surface area contributed by atoms with Gasteiger partial charge in [-0.25, -0.2) is 9.97 Å². The van der Waals surface area contributed by atoms with Crippen LogP contribution in [0.25, 0.3) is 0 Å². The lowest BCUT2D eigenvalue weighted by atomic mass is 9.81. The maximum atomic E-state index is 11.5. The summed E-state index contributed by atoms with van der Waals surface area (Å²) in [5.74, 6) is 0.767. The van der Waals surface area contributed by atoms with Gasteiger partial charge in [0.25, 0.3) is 0 Å². The molecule has 2 aliphatic rings. The van der Waals surface area contributed by atoms with Gasteiger partial charge in [0.15, 0.2) is 0 Å². The number of anilines is 1. The van der Waals surface area contributed by atoms with Gasteiger partial charge >= 0.3 is 7.12 Å². The third kappa shape index (κ3) is 3.37. The molecule has 2 aliphatic heterocycles. The van der Waals surface area contributed by atoms with Crippen LogP contribution >= 0.6 is 0 Å². The Hall–Kier alpha value is -1.67. The van der Waals surface area contributed by atoms with Crippen molar-refractivity contribution in [3.63, 3.8) is 0 Å². The molecule has 2 saturated heterocycles. The van der Waals surface area contributed by atoms with E-state index in [2.05, 4.69) is 9.97 Å². The van der Waals surface area contributed by atoms with Crippen LogP contribution in [0.2, 0.25) is 0 Å². The molecule has 25 heavy (non-hydrogen) atoms. The van der Waals surface area contributed by atoms with Crippen LogP contribution in [-0.2, 0) is 14.1 Å². The second-order valence-electron chi connectivity index (χ2n) is 7.92. The topological polar surface area (TPSA) is 67.8 Å². The number of amides is 1. The fourth-order valence-corrected chi connectivity index (χ4v) is 3.12. The highest BCUT2D eigenvalue weighted by Gasteiger charge is 2.52. The van der Waals surface area contributed by atoms with E-state index in [9.17, 15) is 4.79 Å². The first-order chi connectivity index (χ1) is 11.6. The first kappa shape index (κ1) is 18.1. The summed E-state index contributed by atoms with van der Waals surface area (Å²) in [6.07, 6.45) is 4.45. The Morgan fingerprint density at radius 3 is 2.28 bits per heavy atom. The molecule has 8 heteroatoms. The minimum Gasteiger partial charge on any atom is -0.399 e. The number of carbonyl (C=O) groups is 1.